The van der Waals surface area contributed by atoms with Crippen molar-refractivity contribution >= 4 is 28.5 Å². The third kappa shape index (κ3) is 3.43. The van der Waals surface area contributed by atoms with Crippen molar-refractivity contribution in [1.29, 1.82) is 0 Å². The third-order valence-electron chi connectivity index (χ3n) is 3.88. The standard InChI is InChI=1S/C15H8ClF8N5/c1-5-2-6(16)4-26-12(5)29-10(25)9-7(14(19,20)21)3-8(27-11(9)28-29)13(17,18)15(22,23)24/h2-4H,25H2,1H3. The SMILES string of the molecule is Cc1cc(Cl)cnc1-n1nc2nc(C(F)(F)C(F)(F)F)cc(C(F)(F)F)c2c1N. The van der Waals surface area contributed by atoms with E-state index >= 15 is 0 Å². The molecule has 0 aliphatic carbocycles. The Morgan fingerprint density at radius 2 is 1.66 bits per heavy atom. The third-order valence-corrected chi connectivity index (χ3v) is 4.09. The van der Waals surface area contributed by atoms with E-state index in [1.54, 1.807) is 0 Å². The van der Waals surface area contributed by atoms with E-state index in [9.17, 15) is 35.1 Å². The Balaban J connectivity index is 2.38. The van der Waals surface area contributed by atoms with E-state index in [-0.39, 0.29) is 16.9 Å². The van der Waals surface area contributed by atoms with Crippen molar-refractivity contribution in [3.8, 4) is 5.82 Å². The molecule has 29 heavy (non-hydrogen) atoms. The first-order chi connectivity index (χ1) is 13.1. The van der Waals surface area contributed by atoms with Gasteiger partial charge in [0.25, 0.3) is 0 Å². The largest absolute Gasteiger partial charge is 0.459 e. The van der Waals surface area contributed by atoms with Gasteiger partial charge in [-0.2, -0.15) is 39.8 Å². The molecule has 0 saturated heterocycles. The van der Waals surface area contributed by atoms with E-state index in [4.69, 9.17) is 17.3 Å². The van der Waals surface area contributed by atoms with Gasteiger partial charge in [-0.3, -0.25) is 0 Å². The maximum Gasteiger partial charge on any atom is 0.459 e. The number of nitrogens with zero attached hydrogens (tertiary/aromatic N) is 4. The number of halogens is 9. The summed E-state index contributed by atoms with van der Waals surface area (Å²) in [5.74, 6) is -6.45. The maximum absolute atomic E-state index is 13.7. The Morgan fingerprint density at radius 1 is 1.03 bits per heavy atom. The van der Waals surface area contributed by atoms with Crippen molar-refractivity contribution in [2.75, 3.05) is 5.73 Å². The number of rotatable bonds is 2. The van der Waals surface area contributed by atoms with Gasteiger partial charge in [0.1, 0.15) is 11.5 Å². The van der Waals surface area contributed by atoms with Crippen molar-refractivity contribution in [3.05, 3.63) is 40.2 Å². The fraction of sp³-hybridized carbons (Fsp3) is 0.267. The number of hydrogen-bond donors (Lipinski definition) is 1. The Hall–Kier alpha value is -2.70. The molecule has 0 atom stereocenters. The van der Waals surface area contributed by atoms with Crippen molar-refractivity contribution in [2.24, 2.45) is 0 Å². The molecule has 0 aromatic carbocycles. The molecule has 0 aliphatic heterocycles. The minimum absolute atomic E-state index is 0.109. The molecule has 156 valence electrons. The molecule has 0 spiro atoms. The van der Waals surface area contributed by atoms with Crippen molar-refractivity contribution < 1.29 is 35.1 Å². The monoisotopic (exact) mass is 445 g/mol. The van der Waals surface area contributed by atoms with Crippen molar-refractivity contribution in [2.45, 2.75) is 25.2 Å². The Morgan fingerprint density at radius 3 is 2.17 bits per heavy atom. The molecule has 3 rings (SSSR count). The molecule has 3 heterocycles. The molecule has 0 radical (unpaired) electrons. The van der Waals surface area contributed by atoms with Gasteiger partial charge in [0.2, 0.25) is 0 Å². The molecule has 0 aliphatic rings. The van der Waals surface area contributed by atoms with Gasteiger partial charge in [0, 0.05) is 6.20 Å². The highest BCUT2D eigenvalue weighted by atomic mass is 35.5. The van der Waals surface area contributed by atoms with Crippen LogP contribution in [0, 0.1) is 6.92 Å². The summed E-state index contributed by atoms with van der Waals surface area (Å²) in [4.78, 5) is 6.86. The van der Waals surface area contributed by atoms with E-state index in [0.717, 1.165) is 6.20 Å². The van der Waals surface area contributed by atoms with Crippen molar-refractivity contribution in [3.63, 3.8) is 0 Å². The minimum atomic E-state index is -6.17. The van der Waals surface area contributed by atoms with Crippen LogP contribution < -0.4 is 5.73 Å². The Labute approximate surface area is 161 Å². The van der Waals surface area contributed by atoms with Gasteiger partial charge in [-0.1, -0.05) is 11.6 Å². The average Bonchev–Trinajstić information content (AvgIpc) is 2.89. The predicted molar refractivity (Wildman–Crippen MR) is 85.8 cm³/mol. The molecule has 5 nitrogen and oxygen atoms in total. The lowest BCUT2D eigenvalue weighted by Crippen LogP contribution is -2.35. The molecule has 3 aromatic rings. The number of nitrogen functional groups attached to an aromatic ring is 1. The van der Waals surface area contributed by atoms with Crippen LogP contribution in [0.1, 0.15) is 16.8 Å². The summed E-state index contributed by atoms with van der Waals surface area (Å²) in [7, 11) is 0. The second kappa shape index (κ2) is 6.40. The summed E-state index contributed by atoms with van der Waals surface area (Å²) in [6.07, 6.45) is -10.4. The van der Waals surface area contributed by atoms with Crippen LogP contribution in [0.25, 0.3) is 16.9 Å². The van der Waals surface area contributed by atoms with Gasteiger partial charge in [-0.25, -0.2) is 9.97 Å². The molecule has 3 aromatic heterocycles. The topological polar surface area (TPSA) is 69.6 Å². The average molecular weight is 446 g/mol. The molecule has 0 bridgehead atoms. The zero-order chi connectivity index (χ0) is 21.9. The van der Waals surface area contributed by atoms with Crippen LogP contribution in [-0.2, 0) is 12.1 Å². The minimum Gasteiger partial charge on any atom is -0.383 e. The lowest BCUT2D eigenvalue weighted by Gasteiger charge is -2.20. The highest BCUT2D eigenvalue weighted by molar-refractivity contribution is 6.30. The highest BCUT2D eigenvalue weighted by Crippen LogP contribution is 2.46. The number of anilines is 1. The van der Waals surface area contributed by atoms with Crippen LogP contribution in [0.3, 0.4) is 0 Å². The van der Waals surface area contributed by atoms with E-state index in [0.29, 0.717) is 10.2 Å². The Bertz CT molecular complexity index is 1100. The molecule has 2 N–H and O–H groups in total. The normalized spacial score (nSPS) is 13.3. The fourth-order valence-electron chi connectivity index (χ4n) is 2.56. The van der Waals surface area contributed by atoms with E-state index < -0.39 is 46.4 Å². The molecule has 14 heteroatoms. The summed E-state index contributed by atoms with van der Waals surface area (Å²) >= 11 is 5.75. The number of hydrogen-bond acceptors (Lipinski definition) is 4. The first-order valence-corrected chi connectivity index (χ1v) is 7.86. The number of pyridine rings is 2. The van der Waals surface area contributed by atoms with Crippen LogP contribution in [0.15, 0.2) is 18.3 Å². The van der Waals surface area contributed by atoms with Gasteiger partial charge < -0.3 is 5.73 Å². The zero-order valence-corrected chi connectivity index (χ0v) is 14.8. The fourth-order valence-corrected chi connectivity index (χ4v) is 2.77. The van der Waals surface area contributed by atoms with E-state index in [1.807, 2.05) is 0 Å². The molecule has 0 amide bonds. The first-order valence-electron chi connectivity index (χ1n) is 7.48. The summed E-state index contributed by atoms with van der Waals surface area (Å²) < 4.78 is 106. The number of nitrogens with two attached hydrogens (primary N) is 1. The number of alkyl halides is 8. The Kier molecular flexibility index (Phi) is 4.64. The molecule has 0 saturated carbocycles. The van der Waals surface area contributed by atoms with E-state index in [1.165, 1.54) is 13.0 Å². The molecule has 0 unspecified atom stereocenters. The second-order valence-corrected chi connectivity index (χ2v) is 6.35. The predicted octanol–water partition coefficient (Wildman–Crippen LogP) is 5.03. The van der Waals surface area contributed by atoms with Crippen LogP contribution in [0.5, 0.6) is 0 Å². The summed E-state index contributed by atoms with van der Waals surface area (Å²) in [6.45, 7) is 1.46. The first kappa shape index (κ1) is 21.0. The molecular weight excluding hydrogens is 438 g/mol. The van der Waals surface area contributed by atoms with Gasteiger partial charge in [-0.15, -0.1) is 5.10 Å². The second-order valence-electron chi connectivity index (χ2n) is 5.91. The van der Waals surface area contributed by atoms with Crippen LogP contribution in [-0.4, -0.2) is 25.9 Å². The van der Waals surface area contributed by atoms with Gasteiger partial charge in [0.05, 0.1) is 16.0 Å². The number of fused-ring (bicyclic) bond motifs is 1. The summed E-state index contributed by atoms with van der Waals surface area (Å²) in [5, 5.41) is 2.83. The van der Waals surface area contributed by atoms with Gasteiger partial charge in [-0.05, 0) is 24.6 Å². The summed E-state index contributed by atoms with van der Waals surface area (Å²) in [5.41, 5.74) is 0.954. The molecular formula is C15H8ClF8N5. The number of aromatic nitrogens is 4. The lowest BCUT2D eigenvalue weighted by molar-refractivity contribution is -0.291. The van der Waals surface area contributed by atoms with Crippen LogP contribution >= 0.6 is 11.6 Å². The van der Waals surface area contributed by atoms with Crippen molar-refractivity contribution in [1.82, 2.24) is 19.7 Å². The quantitative estimate of drug-likeness (QED) is 0.562. The zero-order valence-electron chi connectivity index (χ0n) is 14.0. The van der Waals surface area contributed by atoms with Gasteiger partial charge in [0.15, 0.2) is 11.5 Å². The number of aryl methyl sites for hydroxylation is 1. The summed E-state index contributed by atoms with van der Waals surface area (Å²) in [6, 6.07) is 0.983. The van der Waals surface area contributed by atoms with Gasteiger partial charge >= 0.3 is 18.3 Å². The van der Waals surface area contributed by atoms with E-state index in [2.05, 4.69) is 15.1 Å². The molecule has 0 fully saturated rings. The maximum atomic E-state index is 13.7. The highest BCUT2D eigenvalue weighted by Gasteiger charge is 2.60. The lowest BCUT2D eigenvalue weighted by atomic mass is 10.1. The smallest absolute Gasteiger partial charge is 0.383 e. The van der Waals surface area contributed by atoms with Crippen LogP contribution in [0.2, 0.25) is 5.02 Å². The van der Waals surface area contributed by atoms with Crippen LogP contribution in [0.4, 0.5) is 40.9 Å².